The molecule has 3 rings (SSSR count). The van der Waals surface area contributed by atoms with Gasteiger partial charge in [0.05, 0.1) is 17.9 Å². The van der Waals surface area contributed by atoms with Crippen LogP contribution in [-0.2, 0) is 22.5 Å². The van der Waals surface area contributed by atoms with E-state index in [1.807, 2.05) is 19.1 Å². The van der Waals surface area contributed by atoms with Gasteiger partial charge < -0.3 is 20.4 Å². The Kier molecular flexibility index (Phi) is 4.85. The maximum atomic E-state index is 12.5. The summed E-state index contributed by atoms with van der Waals surface area (Å²) in [6.07, 6.45) is 0.959. The zero-order chi connectivity index (χ0) is 18.0. The lowest BCUT2D eigenvalue weighted by Gasteiger charge is -2.29. The summed E-state index contributed by atoms with van der Waals surface area (Å²) in [6.45, 7) is 3.07. The number of fused-ring (bicyclic) bond motifs is 1. The molecule has 0 aliphatic carbocycles. The van der Waals surface area contributed by atoms with Crippen LogP contribution in [0.4, 0.5) is 0 Å². The number of hydrogen-bond acceptors (Lipinski definition) is 4. The van der Waals surface area contributed by atoms with Crippen LogP contribution in [0.25, 0.3) is 11.4 Å². The van der Waals surface area contributed by atoms with Crippen LogP contribution >= 0.6 is 0 Å². The van der Waals surface area contributed by atoms with Crippen molar-refractivity contribution >= 4 is 11.8 Å². The zero-order valence-electron chi connectivity index (χ0n) is 14.4. The van der Waals surface area contributed by atoms with Crippen LogP contribution in [0, 0.1) is 0 Å². The third-order valence-corrected chi connectivity index (χ3v) is 4.52. The largest absolute Gasteiger partial charge is 0.372 e. The molecule has 2 heterocycles. The topological polar surface area (TPSA) is 101 Å². The van der Waals surface area contributed by atoms with E-state index in [4.69, 9.17) is 10.5 Å². The Labute approximate surface area is 146 Å². The van der Waals surface area contributed by atoms with Gasteiger partial charge in [-0.2, -0.15) is 0 Å². The maximum Gasteiger partial charge on any atom is 0.252 e. The Morgan fingerprint density at radius 2 is 2.08 bits per heavy atom. The molecule has 0 radical (unpaired) electrons. The number of ether oxygens (including phenoxy) is 1. The highest BCUT2D eigenvalue weighted by Gasteiger charge is 2.28. The Bertz CT molecular complexity index is 778. The number of carbonyl (C=O) groups excluding carboxylic acids is 2. The number of amides is 2. The van der Waals surface area contributed by atoms with Gasteiger partial charge in [0.1, 0.15) is 11.9 Å². The molecule has 1 aromatic heterocycles. The van der Waals surface area contributed by atoms with Crippen molar-refractivity contribution in [2.24, 2.45) is 5.73 Å². The van der Waals surface area contributed by atoms with Crippen LogP contribution in [-0.4, -0.2) is 46.4 Å². The van der Waals surface area contributed by atoms with Gasteiger partial charge in [-0.15, -0.1) is 0 Å². The van der Waals surface area contributed by atoms with Gasteiger partial charge in [0.2, 0.25) is 5.91 Å². The number of hydrogen-bond donors (Lipinski definition) is 2. The first-order valence-corrected chi connectivity index (χ1v) is 8.33. The van der Waals surface area contributed by atoms with Gasteiger partial charge in [-0.25, -0.2) is 4.98 Å². The van der Waals surface area contributed by atoms with Gasteiger partial charge in [0, 0.05) is 31.2 Å². The van der Waals surface area contributed by atoms with Crippen LogP contribution in [0.2, 0.25) is 0 Å². The first-order valence-electron chi connectivity index (χ1n) is 8.33. The lowest BCUT2D eigenvalue weighted by atomic mass is 10.1. The number of carbonyl (C=O) groups is 2. The van der Waals surface area contributed by atoms with Crippen LogP contribution in [0.15, 0.2) is 24.3 Å². The van der Waals surface area contributed by atoms with Crippen molar-refractivity contribution in [2.75, 3.05) is 13.7 Å². The summed E-state index contributed by atoms with van der Waals surface area (Å²) >= 11 is 0. The van der Waals surface area contributed by atoms with Crippen LogP contribution in [0.1, 0.15) is 35.1 Å². The average Bonchev–Trinajstić information content (AvgIpc) is 3.06. The Morgan fingerprint density at radius 1 is 1.36 bits per heavy atom. The predicted octanol–water partition coefficient (Wildman–Crippen LogP) is 1.49. The van der Waals surface area contributed by atoms with Crippen molar-refractivity contribution in [1.29, 1.82) is 0 Å². The third kappa shape index (κ3) is 3.41. The second kappa shape index (κ2) is 7.06. The standard InChI is InChI=1S/C18H22N4O3/c1-3-15(25-2)18(24)22-9-8-13-14(10-22)21-17(20-13)12-6-4-11(5-7-12)16(19)23/h4-7,15H,3,8-10H2,1-2H3,(H2,19,23)(H,20,21)/t15-/m1/s1. The SMILES string of the molecule is CC[C@@H](OC)C(=O)N1CCc2nc(-c3ccc(C(N)=O)cc3)[nH]c2C1. The number of nitrogens with zero attached hydrogens (tertiary/aromatic N) is 2. The third-order valence-electron chi connectivity index (χ3n) is 4.52. The molecule has 2 amide bonds. The minimum Gasteiger partial charge on any atom is -0.372 e. The Morgan fingerprint density at radius 3 is 2.68 bits per heavy atom. The molecule has 1 atom stereocenters. The first kappa shape index (κ1) is 17.2. The molecule has 132 valence electrons. The summed E-state index contributed by atoms with van der Waals surface area (Å²) in [7, 11) is 1.56. The van der Waals surface area contributed by atoms with Gasteiger partial charge in [-0.1, -0.05) is 19.1 Å². The number of methoxy groups -OCH3 is 1. The fourth-order valence-corrected chi connectivity index (χ4v) is 3.06. The molecule has 25 heavy (non-hydrogen) atoms. The van der Waals surface area contributed by atoms with E-state index in [0.717, 1.165) is 22.8 Å². The van der Waals surface area contributed by atoms with E-state index in [1.165, 1.54) is 0 Å². The highest BCUT2D eigenvalue weighted by atomic mass is 16.5. The summed E-state index contributed by atoms with van der Waals surface area (Å²) < 4.78 is 5.25. The van der Waals surface area contributed by atoms with Gasteiger partial charge in [0.15, 0.2) is 0 Å². The number of primary amides is 1. The molecule has 1 aliphatic rings. The van der Waals surface area contributed by atoms with Crippen LogP contribution < -0.4 is 5.73 Å². The number of rotatable bonds is 5. The van der Waals surface area contributed by atoms with Crippen molar-refractivity contribution in [1.82, 2.24) is 14.9 Å². The predicted molar refractivity (Wildman–Crippen MR) is 92.8 cm³/mol. The fourth-order valence-electron chi connectivity index (χ4n) is 3.06. The molecule has 0 saturated heterocycles. The molecule has 0 unspecified atom stereocenters. The van der Waals surface area contributed by atoms with Gasteiger partial charge >= 0.3 is 0 Å². The quantitative estimate of drug-likeness (QED) is 0.859. The monoisotopic (exact) mass is 342 g/mol. The summed E-state index contributed by atoms with van der Waals surface area (Å²) in [5, 5.41) is 0. The molecule has 2 aromatic rings. The molecule has 0 fully saturated rings. The molecule has 0 bridgehead atoms. The van der Waals surface area contributed by atoms with Crippen LogP contribution in [0.3, 0.4) is 0 Å². The second-order valence-corrected chi connectivity index (χ2v) is 6.09. The van der Waals surface area contributed by atoms with E-state index in [9.17, 15) is 9.59 Å². The normalized spacial score (nSPS) is 14.9. The van der Waals surface area contributed by atoms with Crippen LogP contribution in [0.5, 0.6) is 0 Å². The van der Waals surface area contributed by atoms with Crippen molar-refractivity contribution in [2.45, 2.75) is 32.4 Å². The Hall–Kier alpha value is -2.67. The summed E-state index contributed by atoms with van der Waals surface area (Å²) in [5.41, 5.74) is 8.52. The number of aromatic nitrogens is 2. The molecule has 0 spiro atoms. The van der Waals surface area contributed by atoms with Crippen molar-refractivity contribution < 1.29 is 14.3 Å². The molecule has 7 nitrogen and oxygen atoms in total. The van der Waals surface area contributed by atoms with Gasteiger partial charge in [-0.3, -0.25) is 9.59 Å². The number of nitrogens with one attached hydrogen (secondary N) is 1. The highest BCUT2D eigenvalue weighted by Crippen LogP contribution is 2.24. The molecule has 3 N–H and O–H groups in total. The number of imidazole rings is 1. The van der Waals surface area contributed by atoms with Gasteiger partial charge in [-0.05, 0) is 18.6 Å². The zero-order valence-corrected chi connectivity index (χ0v) is 14.4. The van der Waals surface area contributed by atoms with Crippen molar-refractivity contribution in [3.63, 3.8) is 0 Å². The summed E-state index contributed by atoms with van der Waals surface area (Å²) in [4.78, 5) is 33.4. The van der Waals surface area contributed by atoms with E-state index in [2.05, 4.69) is 9.97 Å². The smallest absolute Gasteiger partial charge is 0.252 e. The van der Waals surface area contributed by atoms with E-state index >= 15 is 0 Å². The molecular formula is C18H22N4O3. The minimum atomic E-state index is -0.455. The number of nitrogens with two attached hydrogens (primary N) is 1. The molecule has 7 heteroatoms. The fraction of sp³-hybridized carbons (Fsp3) is 0.389. The molecule has 1 aromatic carbocycles. The second-order valence-electron chi connectivity index (χ2n) is 6.09. The van der Waals surface area contributed by atoms with Crippen molar-refractivity contribution in [3.8, 4) is 11.4 Å². The molecular weight excluding hydrogens is 320 g/mol. The highest BCUT2D eigenvalue weighted by molar-refractivity contribution is 5.93. The lowest BCUT2D eigenvalue weighted by Crippen LogP contribution is -2.42. The van der Waals surface area contributed by atoms with Crippen molar-refractivity contribution in [3.05, 3.63) is 41.2 Å². The van der Waals surface area contributed by atoms with Gasteiger partial charge in [0.25, 0.3) is 5.91 Å². The minimum absolute atomic E-state index is 0.0117. The first-order chi connectivity index (χ1) is 12.0. The molecule has 1 aliphatic heterocycles. The Balaban J connectivity index is 1.79. The number of benzene rings is 1. The average molecular weight is 342 g/mol. The van der Waals surface area contributed by atoms with E-state index in [0.29, 0.717) is 31.5 Å². The summed E-state index contributed by atoms with van der Waals surface area (Å²) in [6, 6.07) is 6.98. The molecule has 0 saturated carbocycles. The van der Waals surface area contributed by atoms with E-state index in [1.54, 1.807) is 24.1 Å². The lowest BCUT2D eigenvalue weighted by molar-refractivity contribution is -0.143. The van der Waals surface area contributed by atoms with E-state index < -0.39 is 12.0 Å². The number of H-pyrrole nitrogens is 1. The maximum absolute atomic E-state index is 12.5. The number of aromatic amines is 1. The summed E-state index contributed by atoms with van der Waals surface area (Å²) in [5.74, 6) is 0.287. The van der Waals surface area contributed by atoms with E-state index in [-0.39, 0.29) is 5.91 Å².